The van der Waals surface area contributed by atoms with Crippen molar-refractivity contribution < 1.29 is 0 Å². The molecule has 1 aliphatic rings. The summed E-state index contributed by atoms with van der Waals surface area (Å²) < 4.78 is 1.17. The summed E-state index contributed by atoms with van der Waals surface area (Å²) in [7, 11) is 0. The second-order valence-electron chi connectivity index (χ2n) is 6.98. The largest absolute Gasteiger partial charge is 0.326 e. The topological polar surface area (TPSA) is 29.3 Å². The van der Waals surface area contributed by atoms with Gasteiger partial charge >= 0.3 is 0 Å². The molecular formula is C17H27BrN2. The number of nitrogens with zero attached hydrogens (tertiary/aromatic N) is 1. The van der Waals surface area contributed by atoms with Gasteiger partial charge in [0.15, 0.2) is 0 Å². The molecule has 3 heteroatoms. The van der Waals surface area contributed by atoms with E-state index in [9.17, 15) is 0 Å². The van der Waals surface area contributed by atoms with E-state index in [4.69, 9.17) is 5.73 Å². The van der Waals surface area contributed by atoms with Gasteiger partial charge in [-0.05, 0) is 64.3 Å². The average Bonchev–Trinajstić information content (AvgIpc) is 2.54. The van der Waals surface area contributed by atoms with Crippen LogP contribution in [0.2, 0.25) is 0 Å². The highest BCUT2D eigenvalue weighted by Crippen LogP contribution is 2.35. The van der Waals surface area contributed by atoms with E-state index in [0.29, 0.717) is 6.04 Å². The molecule has 0 amide bonds. The third kappa shape index (κ3) is 3.44. The molecule has 112 valence electrons. The molecule has 0 aliphatic carbocycles. The Morgan fingerprint density at radius 1 is 1.25 bits per heavy atom. The van der Waals surface area contributed by atoms with E-state index in [1.165, 1.54) is 28.4 Å². The van der Waals surface area contributed by atoms with Gasteiger partial charge in [-0.3, -0.25) is 4.90 Å². The Labute approximate surface area is 131 Å². The third-order valence-electron chi connectivity index (χ3n) is 4.31. The zero-order valence-corrected chi connectivity index (χ0v) is 14.7. The first-order valence-corrected chi connectivity index (χ1v) is 8.38. The Hall–Kier alpha value is -0.380. The standard InChI is InChI=1S/C17H27BrN2/c1-12-11-13(8-9-14(12)18)16-15(19)7-5-6-10-20(16)17(2,3)4/h8-9,11,15-16H,5-7,10,19H2,1-4H3. The number of halogens is 1. The van der Waals surface area contributed by atoms with Gasteiger partial charge in [-0.2, -0.15) is 0 Å². The van der Waals surface area contributed by atoms with Crippen LogP contribution in [0.15, 0.2) is 22.7 Å². The van der Waals surface area contributed by atoms with Gasteiger partial charge in [-0.1, -0.05) is 34.5 Å². The third-order valence-corrected chi connectivity index (χ3v) is 5.20. The molecular weight excluding hydrogens is 312 g/mol. The van der Waals surface area contributed by atoms with Crippen LogP contribution in [0, 0.1) is 6.92 Å². The van der Waals surface area contributed by atoms with Crippen LogP contribution < -0.4 is 5.73 Å². The summed E-state index contributed by atoms with van der Waals surface area (Å²) in [5, 5.41) is 0. The maximum Gasteiger partial charge on any atom is 0.0504 e. The number of rotatable bonds is 1. The molecule has 2 nitrogen and oxygen atoms in total. The maximum atomic E-state index is 6.53. The predicted octanol–water partition coefficient (Wildman–Crippen LogP) is 4.41. The first-order valence-electron chi connectivity index (χ1n) is 7.59. The Morgan fingerprint density at radius 3 is 2.55 bits per heavy atom. The summed E-state index contributed by atoms with van der Waals surface area (Å²) in [4.78, 5) is 2.59. The number of hydrogen-bond acceptors (Lipinski definition) is 2. The van der Waals surface area contributed by atoms with E-state index >= 15 is 0 Å². The van der Waals surface area contributed by atoms with Crippen molar-refractivity contribution in [2.45, 2.75) is 64.6 Å². The fourth-order valence-electron chi connectivity index (χ4n) is 3.22. The molecule has 0 saturated carbocycles. The molecule has 2 rings (SSSR count). The Bertz CT molecular complexity index is 465. The number of hydrogen-bond donors (Lipinski definition) is 1. The summed E-state index contributed by atoms with van der Waals surface area (Å²) in [5.41, 5.74) is 9.32. The van der Waals surface area contributed by atoms with Crippen LogP contribution >= 0.6 is 15.9 Å². The molecule has 0 aromatic heterocycles. The van der Waals surface area contributed by atoms with Crippen LogP contribution in [0.1, 0.15) is 57.2 Å². The predicted molar refractivity (Wildman–Crippen MR) is 89.9 cm³/mol. The number of aryl methyl sites for hydroxylation is 1. The lowest BCUT2D eigenvalue weighted by molar-refractivity contribution is 0.0755. The van der Waals surface area contributed by atoms with E-state index in [1.807, 2.05) is 0 Å². The Kier molecular flexibility index (Phi) is 4.93. The summed E-state index contributed by atoms with van der Waals surface area (Å²) in [6, 6.07) is 7.22. The normalized spacial score (nSPS) is 25.5. The van der Waals surface area contributed by atoms with E-state index in [1.54, 1.807) is 0 Å². The number of nitrogens with two attached hydrogens (primary N) is 1. The SMILES string of the molecule is Cc1cc(C2C(N)CCCCN2C(C)(C)C)ccc1Br. The van der Waals surface area contributed by atoms with Crippen LogP contribution in [0.25, 0.3) is 0 Å². The number of likely N-dealkylation sites (tertiary alicyclic amines) is 1. The molecule has 0 spiro atoms. The van der Waals surface area contributed by atoms with Gasteiger partial charge in [0.05, 0.1) is 6.04 Å². The summed E-state index contributed by atoms with van der Waals surface area (Å²) in [6.45, 7) is 10.2. The minimum Gasteiger partial charge on any atom is -0.326 e. The number of benzene rings is 1. The van der Waals surface area contributed by atoms with Crippen molar-refractivity contribution in [3.8, 4) is 0 Å². The van der Waals surface area contributed by atoms with Crippen molar-refractivity contribution in [2.75, 3.05) is 6.54 Å². The van der Waals surface area contributed by atoms with Crippen LogP contribution in [0.3, 0.4) is 0 Å². The van der Waals surface area contributed by atoms with Crippen molar-refractivity contribution in [1.29, 1.82) is 0 Å². The molecule has 2 unspecified atom stereocenters. The van der Waals surface area contributed by atoms with Crippen LogP contribution in [0.4, 0.5) is 0 Å². The van der Waals surface area contributed by atoms with Crippen molar-refractivity contribution in [2.24, 2.45) is 5.73 Å². The lowest BCUT2D eigenvalue weighted by Gasteiger charge is -2.43. The van der Waals surface area contributed by atoms with Crippen molar-refractivity contribution in [3.05, 3.63) is 33.8 Å². The average molecular weight is 339 g/mol. The highest BCUT2D eigenvalue weighted by molar-refractivity contribution is 9.10. The van der Waals surface area contributed by atoms with Gasteiger partial charge in [0, 0.05) is 16.1 Å². The fourth-order valence-corrected chi connectivity index (χ4v) is 3.47. The molecule has 0 radical (unpaired) electrons. The van der Waals surface area contributed by atoms with E-state index in [2.05, 4.69) is 66.7 Å². The van der Waals surface area contributed by atoms with Crippen LogP contribution in [-0.2, 0) is 0 Å². The van der Waals surface area contributed by atoms with Gasteiger partial charge in [0.1, 0.15) is 0 Å². The van der Waals surface area contributed by atoms with Crippen molar-refractivity contribution in [3.63, 3.8) is 0 Å². The first-order chi connectivity index (χ1) is 9.30. The quantitative estimate of drug-likeness (QED) is 0.821. The monoisotopic (exact) mass is 338 g/mol. The zero-order chi connectivity index (χ0) is 14.9. The second kappa shape index (κ2) is 6.17. The summed E-state index contributed by atoms with van der Waals surface area (Å²) in [6.07, 6.45) is 3.60. The summed E-state index contributed by atoms with van der Waals surface area (Å²) >= 11 is 3.59. The first kappa shape index (κ1) is 16.0. The summed E-state index contributed by atoms with van der Waals surface area (Å²) in [5.74, 6) is 0. The van der Waals surface area contributed by atoms with Gasteiger partial charge in [0.2, 0.25) is 0 Å². The molecule has 1 aromatic rings. The highest BCUT2D eigenvalue weighted by Gasteiger charge is 2.35. The van der Waals surface area contributed by atoms with Crippen molar-refractivity contribution >= 4 is 15.9 Å². The fraction of sp³-hybridized carbons (Fsp3) is 0.647. The minimum atomic E-state index is 0.146. The van der Waals surface area contributed by atoms with E-state index in [0.717, 1.165) is 13.0 Å². The van der Waals surface area contributed by atoms with Crippen LogP contribution in [-0.4, -0.2) is 23.0 Å². The molecule has 1 aromatic carbocycles. The Morgan fingerprint density at radius 2 is 1.95 bits per heavy atom. The van der Waals surface area contributed by atoms with E-state index < -0.39 is 0 Å². The maximum absolute atomic E-state index is 6.53. The Balaban J connectivity index is 2.42. The van der Waals surface area contributed by atoms with Gasteiger partial charge in [-0.15, -0.1) is 0 Å². The van der Waals surface area contributed by atoms with Crippen molar-refractivity contribution in [1.82, 2.24) is 4.90 Å². The molecule has 1 saturated heterocycles. The molecule has 20 heavy (non-hydrogen) atoms. The second-order valence-corrected chi connectivity index (χ2v) is 7.83. The van der Waals surface area contributed by atoms with Crippen LogP contribution in [0.5, 0.6) is 0 Å². The minimum absolute atomic E-state index is 0.146. The molecule has 1 heterocycles. The molecule has 0 bridgehead atoms. The molecule has 1 aliphatic heterocycles. The molecule has 1 fully saturated rings. The van der Waals surface area contributed by atoms with Gasteiger partial charge in [-0.25, -0.2) is 0 Å². The van der Waals surface area contributed by atoms with Gasteiger partial charge in [0.25, 0.3) is 0 Å². The molecule has 2 N–H and O–H groups in total. The highest BCUT2D eigenvalue weighted by atomic mass is 79.9. The lowest BCUT2D eigenvalue weighted by atomic mass is 9.92. The van der Waals surface area contributed by atoms with Gasteiger partial charge < -0.3 is 5.73 Å². The smallest absolute Gasteiger partial charge is 0.0504 e. The van der Waals surface area contributed by atoms with E-state index in [-0.39, 0.29) is 11.6 Å². The molecule has 2 atom stereocenters. The zero-order valence-electron chi connectivity index (χ0n) is 13.1. The lowest BCUT2D eigenvalue weighted by Crippen LogP contribution is -2.49.